The summed E-state index contributed by atoms with van der Waals surface area (Å²) < 4.78 is 132. The van der Waals surface area contributed by atoms with Crippen molar-refractivity contribution < 1.29 is 54.1 Å². The molecule has 6 nitrogen and oxygen atoms in total. The van der Waals surface area contributed by atoms with Crippen LogP contribution in [-0.4, -0.2) is 46.2 Å². The standard InChI is InChI=1S/C37H26F6O6/c1-44-23-15-9-16-24(45-2)29(23)33-27(19-11-5-7-13-21(19)48-33)31-32(36(40,41)37(42,43)35(31,38)39)28-20-12-6-8-14-22(20)49-34(28)30-25(46-3)17-10-18-26(30)47-4/h5-18H,1-4H3. The number of furan rings is 2. The number of allylic oxidation sites excluding steroid dienone is 2. The summed E-state index contributed by atoms with van der Waals surface area (Å²) in [7, 11) is 5.18. The van der Waals surface area contributed by atoms with E-state index in [4.69, 9.17) is 27.8 Å². The average Bonchev–Trinajstić information content (AvgIpc) is 3.69. The van der Waals surface area contributed by atoms with E-state index in [-0.39, 0.29) is 56.1 Å². The molecule has 252 valence electrons. The van der Waals surface area contributed by atoms with E-state index in [0.717, 1.165) is 0 Å². The molecule has 0 fully saturated rings. The number of fused-ring (bicyclic) bond motifs is 2. The maximum Gasteiger partial charge on any atom is 0.380 e. The van der Waals surface area contributed by atoms with Gasteiger partial charge in [-0.15, -0.1) is 0 Å². The van der Waals surface area contributed by atoms with Crippen molar-refractivity contribution in [1.29, 1.82) is 0 Å². The second-order valence-corrected chi connectivity index (χ2v) is 11.2. The fourth-order valence-corrected chi connectivity index (χ4v) is 6.48. The Balaban J connectivity index is 1.73. The Morgan fingerprint density at radius 1 is 0.429 bits per heavy atom. The van der Waals surface area contributed by atoms with E-state index in [1.165, 1.54) is 101 Å². The van der Waals surface area contributed by atoms with Crippen LogP contribution in [0.25, 0.3) is 55.7 Å². The Hall–Kier alpha value is -5.52. The lowest BCUT2D eigenvalue weighted by Crippen LogP contribution is -2.48. The highest BCUT2D eigenvalue weighted by atomic mass is 19.3. The number of hydrogen-bond donors (Lipinski definition) is 0. The van der Waals surface area contributed by atoms with Gasteiger partial charge in [0, 0.05) is 33.0 Å². The number of para-hydroxylation sites is 2. The molecule has 1 aliphatic carbocycles. The first-order chi connectivity index (χ1) is 23.4. The third-order valence-electron chi connectivity index (χ3n) is 8.67. The summed E-state index contributed by atoms with van der Waals surface area (Å²) in [5.41, 5.74) is -4.88. The molecule has 1 aliphatic rings. The van der Waals surface area contributed by atoms with Crippen LogP contribution in [-0.2, 0) is 0 Å². The topological polar surface area (TPSA) is 63.2 Å². The van der Waals surface area contributed by atoms with Crippen LogP contribution in [0, 0.1) is 0 Å². The minimum atomic E-state index is -5.91. The highest BCUT2D eigenvalue weighted by molar-refractivity contribution is 6.15. The smallest absolute Gasteiger partial charge is 0.380 e. The first-order valence-corrected chi connectivity index (χ1v) is 14.8. The van der Waals surface area contributed by atoms with Crippen molar-refractivity contribution in [3.8, 4) is 45.6 Å². The van der Waals surface area contributed by atoms with Gasteiger partial charge >= 0.3 is 17.8 Å². The lowest BCUT2D eigenvalue weighted by Gasteiger charge is -2.26. The second kappa shape index (κ2) is 11.3. The Bertz CT molecular complexity index is 2080. The highest BCUT2D eigenvalue weighted by Gasteiger charge is 2.81. The van der Waals surface area contributed by atoms with E-state index >= 15 is 26.3 Å². The normalized spacial score (nSPS) is 16.4. The first-order valence-electron chi connectivity index (χ1n) is 14.8. The number of ether oxygens (including phenoxy) is 4. The third kappa shape index (κ3) is 4.35. The van der Waals surface area contributed by atoms with Crippen LogP contribution in [0.5, 0.6) is 23.0 Å². The Labute approximate surface area is 275 Å². The molecule has 0 unspecified atom stereocenters. The van der Waals surface area contributed by atoms with E-state index in [9.17, 15) is 0 Å². The molecule has 4 aromatic carbocycles. The summed E-state index contributed by atoms with van der Waals surface area (Å²) in [6.07, 6.45) is 0. The van der Waals surface area contributed by atoms with E-state index in [2.05, 4.69) is 0 Å². The van der Waals surface area contributed by atoms with E-state index < -0.39 is 51.6 Å². The van der Waals surface area contributed by atoms with Gasteiger partial charge in [-0.2, -0.15) is 26.3 Å². The van der Waals surface area contributed by atoms with E-state index in [1.54, 1.807) is 12.1 Å². The minimum Gasteiger partial charge on any atom is -0.496 e. The van der Waals surface area contributed by atoms with Crippen molar-refractivity contribution in [2.24, 2.45) is 0 Å². The van der Waals surface area contributed by atoms with Gasteiger partial charge in [0.2, 0.25) is 0 Å². The van der Waals surface area contributed by atoms with Gasteiger partial charge in [-0.1, -0.05) is 48.5 Å². The third-order valence-corrected chi connectivity index (χ3v) is 8.67. The van der Waals surface area contributed by atoms with Gasteiger partial charge in [-0.3, -0.25) is 0 Å². The van der Waals surface area contributed by atoms with Crippen LogP contribution in [0.1, 0.15) is 11.1 Å². The molecular formula is C37H26F6O6. The quantitative estimate of drug-likeness (QED) is 0.149. The second-order valence-electron chi connectivity index (χ2n) is 11.2. The van der Waals surface area contributed by atoms with Crippen LogP contribution in [0.4, 0.5) is 26.3 Å². The number of rotatable bonds is 8. The molecule has 49 heavy (non-hydrogen) atoms. The molecule has 2 heterocycles. The zero-order valence-electron chi connectivity index (χ0n) is 26.3. The minimum absolute atomic E-state index is 0.0367. The van der Waals surface area contributed by atoms with Crippen molar-refractivity contribution in [3.63, 3.8) is 0 Å². The van der Waals surface area contributed by atoms with Gasteiger partial charge in [0.15, 0.2) is 11.5 Å². The number of halogens is 6. The molecule has 0 spiro atoms. The number of alkyl halides is 6. The summed E-state index contributed by atoms with van der Waals surface area (Å²) in [6.45, 7) is 0. The maximum atomic E-state index is 16.6. The van der Waals surface area contributed by atoms with Crippen molar-refractivity contribution in [2.45, 2.75) is 17.8 Å². The number of benzene rings is 4. The van der Waals surface area contributed by atoms with Crippen LogP contribution in [0.3, 0.4) is 0 Å². The predicted molar refractivity (Wildman–Crippen MR) is 171 cm³/mol. The SMILES string of the molecule is COc1cccc(OC)c1-c1oc2ccccc2c1C1=C(c2c(-c3c(OC)cccc3OC)oc3ccccc23)C(F)(F)C(F)(F)C1(F)F. The largest absolute Gasteiger partial charge is 0.496 e. The van der Waals surface area contributed by atoms with Gasteiger partial charge in [0.25, 0.3) is 0 Å². The van der Waals surface area contributed by atoms with Crippen molar-refractivity contribution in [1.82, 2.24) is 0 Å². The fraction of sp³-hybridized carbons (Fsp3) is 0.189. The summed E-state index contributed by atoms with van der Waals surface area (Å²) in [5.74, 6) is -17.5. The average molecular weight is 681 g/mol. The lowest BCUT2D eigenvalue weighted by molar-refractivity contribution is -0.254. The van der Waals surface area contributed by atoms with Crippen LogP contribution in [0.15, 0.2) is 93.8 Å². The summed E-state index contributed by atoms with van der Waals surface area (Å²) in [4.78, 5) is 0. The molecule has 2 aromatic heterocycles. The summed E-state index contributed by atoms with van der Waals surface area (Å²) in [6, 6.07) is 20.4. The molecule has 0 N–H and O–H groups in total. The van der Waals surface area contributed by atoms with Gasteiger partial charge < -0.3 is 27.8 Å². The molecule has 12 heteroatoms. The summed E-state index contributed by atoms with van der Waals surface area (Å²) >= 11 is 0. The lowest BCUT2D eigenvalue weighted by atomic mass is 9.88. The Kier molecular flexibility index (Phi) is 7.38. The van der Waals surface area contributed by atoms with Crippen LogP contribution in [0.2, 0.25) is 0 Å². The molecular weight excluding hydrogens is 654 g/mol. The van der Waals surface area contributed by atoms with Crippen molar-refractivity contribution in [3.05, 3.63) is 96.1 Å². The molecule has 0 radical (unpaired) electrons. The Morgan fingerprint density at radius 3 is 1.08 bits per heavy atom. The molecule has 0 aliphatic heterocycles. The van der Waals surface area contributed by atoms with Crippen LogP contribution < -0.4 is 18.9 Å². The molecule has 0 saturated heterocycles. The summed E-state index contributed by atoms with van der Waals surface area (Å²) in [5, 5.41) is -0.259. The fourth-order valence-electron chi connectivity index (χ4n) is 6.48. The predicted octanol–water partition coefficient (Wildman–Crippen LogP) is 10.4. The molecule has 7 rings (SSSR count). The number of methoxy groups -OCH3 is 4. The molecule has 6 aromatic rings. The molecule has 0 saturated carbocycles. The maximum absolute atomic E-state index is 16.6. The Morgan fingerprint density at radius 2 is 0.755 bits per heavy atom. The van der Waals surface area contributed by atoms with Gasteiger partial charge in [0.1, 0.15) is 45.3 Å². The monoisotopic (exact) mass is 680 g/mol. The van der Waals surface area contributed by atoms with Crippen LogP contribution >= 0.6 is 0 Å². The first kappa shape index (κ1) is 32.0. The molecule has 0 bridgehead atoms. The number of hydrogen-bond acceptors (Lipinski definition) is 6. The van der Waals surface area contributed by atoms with Gasteiger partial charge in [-0.05, 0) is 36.4 Å². The zero-order valence-corrected chi connectivity index (χ0v) is 26.3. The van der Waals surface area contributed by atoms with Gasteiger partial charge in [0.05, 0.1) is 28.4 Å². The van der Waals surface area contributed by atoms with E-state index in [1.807, 2.05) is 0 Å². The highest BCUT2D eigenvalue weighted by Crippen LogP contribution is 2.68. The molecule has 0 atom stereocenters. The van der Waals surface area contributed by atoms with Gasteiger partial charge in [-0.25, -0.2) is 0 Å². The molecule has 0 amide bonds. The van der Waals surface area contributed by atoms with E-state index in [0.29, 0.717) is 0 Å². The van der Waals surface area contributed by atoms with Crippen molar-refractivity contribution in [2.75, 3.05) is 28.4 Å². The van der Waals surface area contributed by atoms with Crippen molar-refractivity contribution >= 4 is 33.1 Å². The zero-order chi connectivity index (χ0) is 34.9.